The second-order valence-electron chi connectivity index (χ2n) is 5.98. The molecule has 0 saturated carbocycles. The molecule has 0 bridgehead atoms. The Labute approximate surface area is 138 Å². The highest BCUT2D eigenvalue weighted by Crippen LogP contribution is 2.32. The van der Waals surface area contributed by atoms with Crippen molar-refractivity contribution in [3.05, 3.63) is 28.2 Å². The van der Waals surface area contributed by atoms with Crippen molar-refractivity contribution in [1.29, 1.82) is 0 Å². The van der Waals surface area contributed by atoms with Crippen molar-refractivity contribution in [2.75, 3.05) is 31.1 Å². The van der Waals surface area contributed by atoms with Crippen molar-refractivity contribution < 1.29 is 4.52 Å². The van der Waals surface area contributed by atoms with Gasteiger partial charge in [-0.2, -0.15) is 4.98 Å². The molecule has 4 rings (SSSR count). The van der Waals surface area contributed by atoms with Gasteiger partial charge in [-0.3, -0.25) is 0 Å². The van der Waals surface area contributed by atoms with Crippen LogP contribution in [0.1, 0.15) is 6.42 Å². The third kappa shape index (κ3) is 2.69. The first-order valence-corrected chi connectivity index (χ1v) is 8.20. The van der Waals surface area contributed by atoms with Crippen LogP contribution in [0.25, 0.3) is 11.4 Å². The third-order valence-corrected chi connectivity index (χ3v) is 4.92. The molecule has 0 radical (unpaired) electrons. The molecule has 2 aromatic rings. The lowest BCUT2D eigenvalue weighted by Gasteiger charge is -2.23. The van der Waals surface area contributed by atoms with Crippen LogP contribution in [0.3, 0.4) is 0 Å². The molecule has 0 unspecified atom stereocenters. The van der Waals surface area contributed by atoms with Crippen LogP contribution in [0.15, 0.2) is 22.7 Å². The van der Waals surface area contributed by atoms with Crippen molar-refractivity contribution in [2.24, 2.45) is 11.8 Å². The third-order valence-electron chi connectivity index (χ3n) is 4.48. The summed E-state index contributed by atoms with van der Waals surface area (Å²) in [6.07, 6.45) is 1.21. The van der Waals surface area contributed by atoms with Crippen LogP contribution in [0.4, 0.5) is 6.01 Å². The summed E-state index contributed by atoms with van der Waals surface area (Å²) in [6, 6.07) is 5.84. The molecule has 3 heterocycles. The van der Waals surface area contributed by atoms with Crippen LogP contribution in [0, 0.1) is 11.8 Å². The molecule has 2 aliphatic heterocycles. The SMILES string of the molecule is Clc1cc(Cl)cc(-c2noc(N3C[C@H]4CCNC[C@H]4C3)n2)c1. The maximum absolute atomic E-state index is 6.03. The predicted molar refractivity (Wildman–Crippen MR) is 86.4 cm³/mol. The van der Waals surface area contributed by atoms with Gasteiger partial charge in [0.05, 0.1) is 0 Å². The predicted octanol–water partition coefficient (Wildman–Crippen LogP) is 3.09. The number of rotatable bonds is 2. The number of nitrogens with one attached hydrogen (secondary N) is 1. The summed E-state index contributed by atoms with van der Waals surface area (Å²) in [6.45, 7) is 4.14. The Balaban J connectivity index is 1.56. The van der Waals surface area contributed by atoms with E-state index < -0.39 is 0 Å². The zero-order chi connectivity index (χ0) is 15.1. The normalized spacial score (nSPS) is 24.5. The van der Waals surface area contributed by atoms with Gasteiger partial charge in [0.2, 0.25) is 5.82 Å². The molecule has 2 saturated heterocycles. The fourth-order valence-electron chi connectivity index (χ4n) is 3.37. The zero-order valence-electron chi connectivity index (χ0n) is 11.9. The molecule has 5 nitrogen and oxygen atoms in total. The maximum Gasteiger partial charge on any atom is 0.324 e. The molecular weight excluding hydrogens is 323 g/mol. The number of nitrogens with zero attached hydrogens (tertiary/aromatic N) is 3. The molecular formula is C15H16Cl2N4O. The van der Waals surface area contributed by atoms with Gasteiger partial charge in [-0.15, -0.1) is 0 Å². The first-order valence-electron chi connectivity index (χ1n) is 7.45. The molecule has 2 atom stereocenters. The molecule has 0 amide bonds. The van der Waals surface area contributed by atoms with E-state index in [0.29, 0.717) is 27.8 Å². The highest BCUT2D eigenvalue weighted by Gasteiger charge is 2.36. The van der Waals surface area contributed by atoms with E-state index >= 15 is 0 Å². The Hall–Kier alpha value is -1.30. The molecule has 0 aliphatic carbocycles. The van der Waals surface area contributed by atoms with Gasteiger partial charge in [0.1, 0.15) is 0 Å². The highest BCUT2D eigenvalue weighted by atomic mass is 35.5. The van der Waals surface area contributed by atoms with E-state index in [1.807, 2.05) is 0 Å². The van der Waals surface area contributed by atoms with Gasteiger partial charge >= 0.3 is 6.01 Å². The van der Waals surface area contributed by atoms with Gasteiger partial charge in [-0.25, -0.2) is 0 Å². The summed E-state index contributed by atoms with van der Waals surface area (Å²) in [5.74, 6) is 1.91. The van der Waals surface area contributed by atoms with E-state index in [1.54, 1.807) is 18.2 Å². The van der Waals surface area contributed by atoms with Gasteiger partial charge in [-0.05, 0) is 49.5 Å². The first kappa shape index (κ1) is 14.3. The molecule has 2 aliphatic rings. The number of hydrogen-bond donors (Lipinski definition) is 1. The highest BCUT2D eigenvalue weighted by molar-refractivity contribution is 6.35. The summed E-state index contributed by atoms with van der Waals surface area (Å²) >= 11 is 12.1. The van der Waals surface area contributed by atoms with E-state index in [4.69, 9.17) is 27.7 Å². The van der Waals surface area contributed by atoms with Crippen molar-refractivity contribution in [2.45, 2.75) is 6.42 Å². The standard InChI is InChI=1S/C15H16Cl2N4O/c16-12-3-10(4-13(17)5-12)14-19-15(22-20-14)21-7-9-1-2-18-6-11(9)8-21/h3-5,9,11,18H,1-2,6-8H2/t9-,11+/m1/s1. The van der Waals surface area contributed by atoms with Crippen molar-refractivity contribution in [3.8, 4) is 11.4 Å². The molecule has 1 aromatic carbocycles. The van der Waals surface area contributed by atoms with Crippen LogP contribution >= 0.6 is 23.2 Å². The summed E-state index contributed by atoms with van der Waals surface area (Å²) in [4.78, 5) is 6.70. The summed E-state index contributed by atoms with van der Waals surface area (Å²) in [7, 11) is 0. The van der Waals surface area contributed by atoms with Crippen LogP contribution in [0.2, 0.25) is 10.0 Å². The van der Waals surface area contributed by atoms with Crippen molar-refractivity contribution >= 4 is 29.2 Å². The Bertz CT molecular complexity index is 656. The van der Waals surface area contributed by atoms with Gasteiger partial charge in [0, 0.05) is 28.7 Å². The molecule has 1 N–H and O–H groups in total. The van der Waals surface area contributed by atoms with Crippen LogP contribution in [0.5, 0.6) is 0 Å². The minimum absolute atomic E-state index is 0.521. The van der Waals surface area contributed by atoms with E-state index in [1.165, 1.54) is 6.42 Å². The van der Waals surface area contributed by atoms with Crippen molar-refractivity contribution in [1.82, 2.24) is 15.5 Å². The summed E-state index contributed by atoms with van der Waals surface area (Å²) < 4.78 is 5.45. The lowest BCUT2D eigenvalue weighted by atomic mass is 9.90. The quantitative estimate of drug-likeness (QED) is 0.911. The van der Waals surface area contributed by atoms with Crippen molar-refractivity contribution in [3.63, 3.8) is 0 Å². The number of hydrogen-bond acceptors (Lipinski definition) is 5. The Morgan fingerprint density at radius 1 is 1.14 bits per heavy atom. The summed E-state index contributed by atoms with van der Waals surface area (Å²) in [5.41, 5.74) is 0.769. The average Bonchev–Trinajstić information content (AvgIpc) is 3.13. The molecule has 2 fully saturated rings. The Kier molecular flexibility index (Phi) is 3.72. The van der Waals surface area contributed by atoms with E-state index in [9.17, 15) is 0 Å². The number of benzene rings is 1. The second kappa shape index (κ2) is 5.72. The monoisotopic (exact) mass is 338 g/mol. The number of aromatic nitrogens is 2. The Morgan fingerprint density at radius 3 is 2.68 bits per heavy atom. The number of fused-ring (bicyclic) bond motifs is 1. The van der Waals surface area contributed by atoms with Gasteiger partial charge in [0.15, 0.2) is 0 Å². The largest absolute Gasteiger partial charge is 0.324 e. The van der Waals surface area contributed by atoms with Crippen LogP contribution in [-0.4, -0.2) is 36.3 Å². The van der Waals surface area contributed by atoms with Crippen LogP contribution < -0.4 is 10.2 Å². The molecule has 7 heteroatoms. The average molecular weight is 339 g/mol. The fourth-order valence-corrected chi connectivity index (χ4v) is 3.90. The molecule has 1 aromatic heterocycles. The second-order valence-corrected chi connectivity index (χ2v) is 6.85. The van der Waals surface area contributed by atoms with Gasteiger partial charge < -0.3 is 14.7 Å². The van der Waals surface area contributed by atoms with Gasteiger partial charge in [0.25, 0.3) is 0 Å². The van der Waals surface area contributed by atoms with E-state index in [0.717, 1.165) is 37.7 Å². The smallest absolute Gasteiger partial charge is 0.324 e. The minimum Gasteiger partial charge on any atom is -0.324 e. The molecule has 22 heavy (non-hydrogen) atoms. The lowest BCUT2D eigenvalue weighted by molar-refractivity contribution is 0.318. The number of piperidine rings is 1. The topological polar surface area (TPSA) is 54.2 Å². The lowest BCUT2D eigenvalue weighted by Crippen LogP contribution is -2.35. The van der Waals surface area contributed by atoms with E-state index in [-0.39, 0.29) is 0 Å². The van der Waals surface area contributed by atoms with Gasteiger partial charge in [-0.1, -0.05) is 28.4 Å². The fraction of sp³-hybridized carbons (Fsp3) is 0.467. The minimum atomic E-state index is 0.521. The maximum atomic E-state index is 6.03. The number of anilines is 1. The molecule has 116 valence electrons. The number of halogens is 2. The Morgan fingerprint density at radius 2 is 1.91 bits per heavy atom. The van der Waals surface area contributed by atoms with E-state index in [2.05, 4.69) is 20.4 Å². The first-order chi connectivity index (χ1) is 10.7. The van der Waals surface area contributed by atoms with Crippen LogP contribution in [-0.2, 0) is 0 Å². The zero-order valence-corrected chi connectivity index (χ0v) is 13.4. The summed E-state index contributed by atoms with van der Waals surface area (Å²) in [5, 5.41) is 8.64. The molecule has 0 spiro atoms.